The fraction of sp³-hybridized carbons (Fsp3) is 0.353. The van der Waals surface area contributed by atoms with E-state index in [2.05, 4.69) is 5.32 Å². The van der Waals surface area contributed by atoms with Crippen molar-refractivity contribution in [2.45, 2.75) is 18.6 Å². The van der Waals surface area contributed by atoms with Crippen LogP contribution in [0, 0.1) is 5.82 Å². The third-order valence-corrected chi connectivity index (χ3v) is 6.03. The van der Waals surface area contributed by atoms with E-state index in [1.807, 2.05) is 42.9 Å². The van der Waals surface area contributed by atoms with Crippen molar-refractivity contribution in [3.8, 4) is 5.69 Å². The van der Waals surface area contributed by atoms with E-state index < -0.39 is 21.4 Å². The predicted molar refractivity (Wildman–Crippen MR) is 93.4 cm³/mol. The molecule has 3 rings (SSSR count). The van der Waals surface area contributed by atoms with E-state index in [1.54, 1.807) is 17.0 Å². The number of nitrogens with zero attached hydrogens (tertiary/aromatic N) is 2. The number of hydrogen-bond donors (Lipinski definition) is 1. The highest BCUT2D eigenvalue weighted by atomic mass is 32.2. The number of aromatic nitrogens is 1. The lowest BCUT2D eigenvalue weighted by Crippen LogP contribution is -2.53. The van der Waals surface area contributed by atoms with E-state index in [1.165, 1.54) is 6.07 Å². The minimum Gasteiger partial charge on any atom is -0.324 e. The average Bonchev–Trinajstić information content (AvgIpc) is 3.06. The van der Waals surface area contributed by atoms with Crippen molar-refractivity contribution in [3.63, 3.8) is 0 Å². The van der Waals surface area contributed by atoms with Crippen LogP contribution in [0.4, 0.5) is 14.9 Å². The van der Waals surface area contributed by atoms with Gasteiger partial charge in [0.25, 0.3) is 0 Å². The molecule has 1 fully saturated rings. The molecule has 128 valence electrons. The second-order valence-electron chi connectivity index (χ2n) is 6.42. The molecule has 0 spiro atoms. The summed E-state index contributed by atoms with van der Waals surface area (Å²) in [6.45, 7) is 4.52. The van der Waals surface area contributed by atoms with Gasteiger partial charge in [-0.1, -0.05) is 0 Å². The number of nitrogens with one attached hydrogen (secondary N) is 1. The van der Waals surface area contributed by atoms with Crippen LogP contribution in [0.2, 0.25) is 0 Å². The number of benzene rings is 1. The monoisotopic (exact) mass is 349 g/mol. The summed E-state index contributed by atoms with van der Waals surface area (Å²) in [5.74, 6) is -0.0501. The van der Waals surface area contributed by atoms with Crippen molar-refractivity contribution in [3.05, 3.63) is 48.5 Å². The van der Waals surface area contributed by atoms with E-state index in [0.717, 1.165) is 5.69 Å². The molecule has 0 saturated carbocycles. The number of amides is 2. The summed E-state index contributed by atoms with van der Waals surface area (Å²) >= 11 is 0. The van der Waals surface area contributed by atoms with Gasteiger partial charge in [-0.25, -0.2) is 9.18 Å². The van der Waals surface area contributed by atoms with Crippen molar-refractivity contribution in [1.29, 1.82) is 0 Å². The zero-order valence-corrected chi connectivity index (χ0v) is 14.5. The number of urea groups is 1. The lowest BCUT2D eigenvalue weighted by atomic mass is 10.2. The Morgan fingerprint density at radius 1 is 1.29 bits per heavy atom. The fourth-order valence-corrected chi connectivity index (χ4v) is 3.96. The molecule has 1 aromatic heterocycles. The summed E-state index contributed by atoms with van der Waals surface area (Å²) < 4.78 is 27.4. The highest BCUT2D eigenvalue weighted by Gasteiger charge is 2.35. The summed E-state index contributed by atoms with van der Waals surface area (Å²) in [6, 6.07) is 7.96. The third kappa shape index (κ3) is 3.36. The van der Waals surface area contributed by atoms with Gasteiger partial charge in [0.15, 0.2) is 0 Å². The molecule has 1 aliphatic heterocycles. The van der Waals surface area contributed by atoms with Crippen LogP contribution >= 0.6 is 0 Å². The molecule has 1 saturated heterocycles. The van der Waals surface area contributed by atoms with Crippen LogP contribution in [0.5, 0.6) is 0 Å². The summed E-state index contributed by atoms with van der Waals surface area (Å²) in [7, 11) is -0.962. The van der Waals surface area contributed by atoms with Crippen molar-refractivity contribution < 1.29 is 13.4 Å². The van der Waals surface area contributed by atoms with Gasteiger partial charge in [-0.2, -0.15) is 0 Å². The fourth-order valence-electron chi connectivity index (χ4n) is 2.72. The maximum Gasteiger partial charge on any atom is 0.322 e. The van der Waals surface area contributed by atoms with E-state index in [9.17, 15) is 13.4 Å². The molecule has 0 radical (unpaired) electrons. The Bertz CT molecular complexity index is 774. The Hall–Kier alpha value is -2.15. The summed E-state index contributed by atoms with van der Waals surface area (Å²) in [6.07, 6.45) is 3.70. The topological polar surface area (TPSA) is 54.3 Å². The van der Waals surface area contributed by atoms with Crippen LogP contribution in [0.1, 0.15) is 13.8 Å². The van der Waals surface area contributed by atoms with E-state index in [0.29, 0.717) is 18.8 Å². The number of carbonyl (C=O) groups excluding carboxylic acids is 1. The predicted octanol–water partition coefficient (Wildman–Crippen LogP) is 2.99. The van der Waals surface area contributed by atoms with Gasteiger partial charge < -0.3 is 14.8 Å². The van der Waals surface area contributed by atoms with Gasteiger partial charge in [-0.05, 0) is 44.2 Å². The maximum atomic E-state index is 14.1. The quantitative estimate of drug-likeness (QED) is 0.906. The minimum absolute atomic E-state index is 0.135. The number of hydrogen-bond acceptors (Lipinski definition) is 2. The minimum atomic E-state index is -0.962. The highest BCUT2D eigenvalue weighted by molar-refractivity contribution is 7.86. The van der Waals surface area contributed by atoms with Gasteiger partial charge in [0.05, 0.1) is 10.4 Å². The summed E-state index contributed by atoms with van der Waals surface area (Å²) in [5, 5.41) is 2.63. The van der Waals surface area contributed by atoms with E-state index >= 15 is 0 Å². The summed E-state index contributed by atoms with van der Waals surface area (Å²) in [5.41, 5.74) is 0.896. The molecule has 0 bridgehead atoms. The molecular formula is C17H20FN3O2S. The first kappa shape index (κ1) is 16.7. The average molecular weight is 349 g/mol. The Labute approximate surface area is 142 Å². The Morgan fingerprint density at radius 3 is 2.67 bits per heavy atom. The van der Waals surface area contributed by atoms with Crippen molar-refractivity contribution in [2.24, 2.45) is 0 Å². The van der Waals surface area contributed by atoms with Gasteiger partial charge >= 0.3 is 6.03 Å². The molecule has 7 heteroatoms. The molecule has 24 heavy (non-hydrogen) atoms. The number of rotatable bonds is 2. The first-order valence-electron chi connectivity index (χ1n) is 7.74. The zero-order valence-electron chi connectivity index (χ0n) is 13.7. The molecule has 1 unspecified atom stereocenters. The zero-order chi connectivity index (χ0) is 17.3. The van der Waals surface area contributed by atoms with Gasteiger partial charge in [0.2, 0.25) is 0 Å². The van der Waals surface area contributed by atoms with Gasteiger partial charge in [0, 0.05) is 47.7 Å². The molecule has 1 N–H and O–H groups in total. The Kier molecular flexibility index (Phi) is 4.45. The third-order valence-electron chi connectivity index (χ3n) is 4.12. The number of carbonyl (C=O) groups is 1. The molecule has 2 aromatic rings. The highest BCUT2D eigenvalue weighted by Crippen LogP contribution is 2.23. The lowest BCUT2D eigenvalue weighted by Gasteiger charge is -2.37. The van der Waals surface area contributed by atoms with Crippen LogP contribution in [0.15, 0.2) is 42.7 Å². The van der Waals surface area contributed by atoms with Crippen LogP contribution in [0.25, 0.3) is 5.69 Å². The number of halogens is 1. The number of anilines is 1. The largest absolute Gasteiger partial charge is 0.324 e. The van der Waals surface area contributed by atoms with Crippen LogP contribution in [-0.4, -0.2) is 43.3 Å². The first-order valence-corrected chi connectivity index (χ1v) is 9.06. The van der Waals surface area contributed by atoms with Gasteiger partial charge in [-0.3, -0.25) is 4.21 Å². The smallest absolute Gasteiger partial charge is 0.322 e. The second-order valence-corrected chi connectivity index (χ2v) is 8.62. The Balaban J connectivity index is 1.77. The molecule has 1 aromatic carbocycles. The lowest BCUT2D eigenvalue weighted by molar-refractivity contribution is 0.207. The molecule has 0 aliphatic carbocycles. The van der Waals surface area contributed by atoms with Crippen molar-refractivity contribution in [2.75, 3.05) is 24.2 Å². The molecule has 2 heterocycles. The van der Waals surface area contributed by atoms with Crippen molar-refractivity contribution in [1.82, 2.24) is 9.47 Å². The standard InChI is InChI=1S/C17H20FN3O2S/c1-17(2)12-21(9-10-24(17)23)16(22)19-15-11-13(5-6-14(15)18)20-7-3-4-8-20/h3-8,11H,9-10,12H2,1-2H3,(H,19,22). The summed E-state index contributed by atoms with van der Waals surface area (Å²) in [4.78, 5) is 14.0. The van der Waals surface area contributed by atoms with Crippen LogP contribution in [0.3, 0.4) is 0 Å². The van der Waals surface area contributed by atoms with Crippen LogP contribution in [-0.2, 0) is 10.8 Å². The molecule has 1 atom stereocenters. The van der Waals surface area contributed by atoms with Gasteiger partial charge in [-0.15, -0.1) is 0 Å². The van der Waals surface area contributed by atoms with Gasteiger partial charge in [0.1, 0.15) is 5.82 Å². The van der Waals surface area contributed by atoms with E-state index in [-0.39, 0.29) is 11.7 Å². The van der Waals surface area contributed by atoms with Crippen LogP contribution < -0.4 is 5.32 Å². The SMILES string of the molecule is CC1(C)CN(C(=O)Nc2cc(-n3cccc3)ccc2F)CCS1=O. The molecule has 2 amide bonds. The van der Waals surface area contributed by atoms with Crippen molar-refractivity contribution >= 4 is 22.5 Å². The first-order chi connectivity index (χ1) is 11.4. The molecular weight excluding hydrogens is 329 g/mol. The molecule has 5 nitrogen and oxygen atoms in total. The second kappa shape index (κ2) is 6.39. The Morgan fingerprint density at radius 2 is 2.00 bits per heavy atom. The maximum absolute atomic E-state index is 14.1. The molecule has 1 aliphatic rings. The normalized spacial score (nSPS) is 20.0. The van der Waals surface area contributed by atoms with E-state index in [4.69, 9.17) is 0 Å².